The summed E-state index contributed by atoms with van der Waals surface area (Å²) in [4.78, 5) is 2.56. The molecule has 0 aromatic rings. The van der Waals surface area contributed by atoms with Crippen molar-refractivity contribution in [3.05, 3.63) is 11.1 Å². The van der Waals surface area contributed by atoms with Gasteiger partial charge in [0.25, 0.3) is 0 Å². The topological polar surface area (TPSA) is 15.3 Å². The predicted octanol–water partition coefficient (Wildman–Crippen LogP) is 2.59. The van der Waals surface area contributed by atoms with Crippen LogP contribution < -0.4 is 5.32 Å². The molecule has 0 unspecified atom stereocenters. The summed E-state index contributed by atoms with van der Waals surface area (Å²) in [5.74, 6) is 0. The van der Waals surface area contributed by atoms with Crippen molar-refractivity contribution < 1.29 is 0 Å². The van der Waals surface area contributed by atoms with Gasteiger partial charge in [0.2, 0.25) is 0 Å². The number of nitrogens with one attached hydrogen (secondary N) is 1. The van der Waals surface area contributed by atoms with Crippen LogP contribution in [-0.4, -0.2) is 37.1 Å². The molecule has 0 atom stereocenters. The summed E-state index contributed by atoms with van der Waals surface area (Å²) < 4.78 is 0. The minimum Gasteiger partial charge on any atom is -0.310 e. The number of halogens is 1. The van der Waals surface area contributed by atoms with Gasteiger partial charge in [-0.05, 0) is 51.4 Å². The molecule has 1 aliphatic heterocycles. The van der Waals surface area contributed by atoms with Crippen LogP contribution in [-0.2, 0) is 0 Å². The first kappa shape index (κ1) is 13.0. The Morgan fingerprint density at radius 2 is 2.13 bits per heavy atom. The number of rotatable bonds is 5. The lowest BCUT2D eigenvalue weighted by molar-refractivity contribution is 0.200. The molecule has 0 saturated carbocycles. The highest BCUT2D eigenvalue weighted by Gasteiger charge is 2.17. The summed E-state index contributed by atoms with van der Waals surface area (Å²) in [5, 5.41) is 3.56. The molecule has 0 amide bonds. The van der Waals surface area contributed by atoms with Crippen LogP contribution >= 0.6 is 11.6 Å². The Kier molecular flexibility index (Phi) is 6.30. The van der Waals surface area contributed by atoms with Crippen molar-refractivity contribution in [1.82, 2.24) is 10.2 Å². The minimum atomic E-state index is 0.685. The van der Waals surface area contributed by atoms with Gasteiger partial charge >= 0.3 is 0 Å². The second-order valence-electron chi connectivity index (χ2n) is 4.45. The van der Waals surface area contributed by atoms with Crippen LogP contribution in [0.3, 0.4) is 0 Å². The molecule has 1 heterocycles. The maximum atomic E-state index is 5.62. The van der Waals surface area contributed by atoms with Crippen LogP contribution in [0.2, 0.25) is 0 Å². The number of piperidine rings is 1. The van der Waals surface area contributed by atoms with Crippen molar-refractivity contribution in [2.24, 2.45) is 0 Å². The Labute approximate surface area is 98.7 Å². The van der Waals surface area contributed by atoms with E-state index in [9.17, 15) is 0 Å². The third kappa shape index (κ3) is 5.01. The van der Waals surface area contributed by atoms with E-state index < -0.39 is 0 Å². The summed E-state index contributed by atoms with van der Waals surface area (Å²) in [7, 11) is 0. The quantitative estimate of drug-likeness (QED) is 0.781. The lowest BCUT2D eigenvalue weighted by atomic mass is 10.0. The molecule has 0 spiro atoms. The van der Waals surface area contributed by atoms with Crippen molar-refractivity contribution in [3.8, 4) is 0 Å². The van der Waals surface area contributed by atoms with Crippen molar-refractivity contribution in [2.45, 2.75) is 39.2 Å². The fourth-order valence-electron chi connectivity index (χ4n) is 2.02. The van der Waals surface area contributed by atoms with Crippen LogP contribution in [0, 0.1) is 0 Å². The molecule has 0 aromatic heterocycles. The van der Waals surface area contributed by atoms with E-state index in [1.807, 2.05) is 0 Å². The molecule has 0 aliphatic carbocycles. The second-order valence-corrected chi connectivity index (χ2v) is 4.67. The van der Waals surface area contributed by atoms with E-state index in [2.05, 4.69) is 24.1 Å². The van der Waals surface area contributed by atoms with Gasteiger partial charge < -0.3 is 10.2 Å². The SMILES string of the molecule is CCCN1CCC(NCC(C)=CCl)CC1. The van der Waals surface area contributed by atoms with E-state index in [1.165, 1.54) is 44.5 Å². The summed E-state index contributed by atoms with van der Waals surface area (Å²) in [6.45, 7) is 8.99. The highest BCUT2D eigenvalue weighted by molar-refractivity contribution is 6.25. The number of hydrogen-bond acceptors (Lipinski definition) is 2. The molecule has 0 radical (unpaired) electrons. The monoisotopic (exact) mass is 230 g/mol. The standard InChI is InChI=1S/C12H23ClN2/c1-3-6-15-7-4-12(5-8-15)14-10-11(2)9-13/h9,12,14H,3-8,10H2,1-2H3. The first-order valence-corrected chi connectivity index (χ1v) is 6.41. The second kappa shape index (κ2) is 7.26. The highest BCUT2D eigenvalue weighted by Crippen LogP contribution is 2.10. The fourth-order valence-corrected chi connectivity index (χ4v) is 2.10. The van der Waals surface area contributed by atoms with E-state index in [1.54, 1.807) is 5.54 Å². The molecule has 88 valence electrons. The molecular formula is C12H23ClN2. The molecule has 0 aromatic carbocycles. The molecule has 1 rings (SSSR count). The largest absolute Gasteiger partial charge is 0.310 e. The summed E-state index contributed by atoms with van der Waals surface area (Å²) in [5.41, 5.74) is 2.88. The van der Waals surface area contributed by atoms with E-state index >= 15 is 0 Å². The van der Waals surface area contributed by atoms with E-state index in [4.69, 9.17) is 11.6 Å². The Hall–Kier alpha value is -0.0500. The summed E-state index contributed by atoms with van der Waals surface area (Å²) in [6.07, 6.45) is 3.82. The van der Waals surface area contributed by atoms with Crippen molar-refractivity contribution >= 4 is 11.6 Å². The van der Waals surface area contributed by atoms with Crippen LogP contribution in [0.25, 0.3) is 0 Å². The van der Waals surface area contributed by atoms with Gasteiger partial charge in [-0.25, -0.2) is 0 Å². The average Bonchev–Trinajstić information content (AvgIpc) is 2.28. The maximum Gasteiger partial charge on any atom is 0.0176 e. The minimum absolute atomic E-state index is 0.685. The third-order valence-electron chi connectivity index (χ3n) is 2.98. The molecular weight excluding hydrogens is 208 g/mol. The Bertz CT molecular complexity index is 196. The molecule has 1 N–H and O–H groups in total. The van der Waals surface area contributed by atoms with Gasteiger partial charge in [-0.2, -0.15) is 0 Å². The molecule has 1 saturated heterocycles. The molecule has 1 fully saturated rings. The van der Waals surface area contributed by atoms with Gasteiger partial charge in [0, 0.05) is 18.1 Å². The zero-order valence-corrected chi connectivity index (χ0v) is 10.7. The smallest absolute Gasteiger partial charge is 0.0176 e. The Morgan fingerprint density at radius 3 is 2.67 bits per heavy atom. The van der Waals surface area contributed by atoms with Crippen LogP contribution in [0.5, 0.6) is 0 Å². The number of nitrogens with zero attached hydrogens (tertiary/aromatic N) is 1. The molecule has 2 nitrogen and oxygen atoms in total. The number of hydrogen-bond donors (Lipinski definition) is 1. The summed E-state index contributed by atoms with van der Waals surface area (Å²) in [6, 6.07) is 0.685. The van der Waals surface area contributed by atoms with Gasteiger partial charge in [0.15, 0.2) is 0 Å². The predicted molar refractivity (Wildman–Crippen MR) is 67.4 cm³/mol. The maximum absolute atomic E-state index is 5.62. The van der Waals surface area contributed by atoms with Gasteiger partial charge in [-0.15, -0.1) is 0 Å². The van der Waals surface area contributed by atoms with Gasteiger partial charge in [0.05, 0.1) is 0 Å². The van der Waals surface area contributed by atoms with Gasteiger partial charge in [-0.1, -0.05) is 18.5 Å². The van der Waals surface area contributed by atoms with Crippen LogP contribution in [0.4, 0.5) is 0 Å². The fraction of sp³-hybridized carbons (Fsp3) is 0.833. The number of likely N-dealkylation sites (tertiary alicyclic amines) is 1. The van der Waals surface area contributed by atoms with Gasteiger partial charge in [0.1, 0.15) is 0 Å². The van der Waals surface area contributed by atoms with E-state index in [-0.39, 0.29) is 0 Å². The van der Waals surface area contributed by atoms with E-state index in [0.29, 0.717) is 6.04 Å². The molecule has 15 heavy (non-hydrogen) atoms. The van der Waals surface area contributed by atoms with Gasteiger partial charge in [-0.3, -0.25) is 0 Å². The zero-order chi connectivity index (χ0) is 11.1. The van der Waals surface area contributed by atoms with Crippen LogP contribution in [0.1, 0.15) is 33.1 Å². The Morgan fingerprint density at radius 1 is 1.47 bits per heavy atom. The zero-order valence-electron chi connectivity index (χ0n) is 9.93. The first-order chi connectivity index (χ1) is 7.26. The van der Waals surface area contributed by atoms with E-state index in [0.717, 1.165) is 6.54 Å². The molecule has 3 heteroatoms. The Balaban J connectivity index is 2.14. The molecule has 1 aliphatic rings. The average molecular weight is 231 g/mol. The highest BCUT2D eigenvalue weighted by atomic mass is 35.5. The third-order valence-corrected chi connectivity index (χ3v) is 3.36. The molecule has 0 bridgehead atoms. The lowest BCUT2D eigenvalue weighted by Gasteiger charge is -2.32. The van der Waals surface area contributed by atoms with Crippen molar-refractivity contribution in [2.75, 3.05) is 26.2 Å². The normalized spacial score (nSPS) is 20.9. The van der Waals surface area contributed by atoms with Crippen molar-refractivity contribution in [1.29, 1.82) is 0 Å². The summed E-state index contributed by atoms with van der Waals surface area (Å²) >= 11 is 5.62. The van der Waals surface area contributed by atoms with Crippen LogP contribution in [0.15, 0.2) is 11.1 Å². The van der Waals surface area contributed by atoms with Crippen molar-refractivity contribution in [3.63, 3.8) is 0 Å². The lowest BCUT2D eigenvalue weighted by Crippen LogP contribution is -2.43. The first-order valence-electron chi connectivity index (χ1n) is 5.97.